The summed E-state index contributed by atoms with van der Waals surface area (Å²) in [6, 6.07) is 12.5. The van der Waals surface area contributed by atoms with Crippen LogP contribution in [0.25, 0.3) is 0 Å². The van der Waals surface area contributed by atoms with E-state index in [1.54, 1.807) is 18.2 Å². The van der Waals surface area contributed by atoms with E-state index >= 15 is 0 Å². The van der Waals surface area contributed by atoms with Crippen molar-refractivity contribution in [2.24, 2.45) is 0 Å². The van der Waals surface area contributed by atoms with Gasteiger partial charge in [0.15, 0.2) is 0 Å². The van der Waals surface area contributed by atoms with Crippen molar-refractivity contribution in [2.75, 3.05) is 26.4 Å². The number of nitrogens with zero attached hydrogens (tertiary/aromatic N) is 1. The zero-order valence-corrected chi connectivity index (χ0v) is 14.4. The molecule has 23 heavy (non-hydrogen) atoms. The lowest BCUT2D eigenvalue weighted by Crippen LogP contribution is -2.11. The molecule has 2 rings (SSSR count). The van der Waals surface area contributed by atoms with Crippen LogP contribution in [0.1, 0.15) is 33.5 Å². The minimum absolute atomic E-state index is 0.130. The molecule has 0 unspecified atom stereocenters. The largest absolute Gasteiger partial charge is 0.494 e. The molecule has 0 aromatic heterocycles. The first-order chi connectivity index (χ1) is 13.2. The van der Waals surface area contributed by atoms with Crippen molar-refractivity contribution in [3.8, 4) is 5.75 Å². The second-order valence-corrected chi connectivity index (χ2v) is 6.31. The van der Waals surface area contributed by atoms with Gasteiger partial charge < -0.3 is 15.4 Å². The lowest BCUT2D eigenvalue weighted by Gasteiger charge is -2.16. The van der Waals surface area contributed by atoms with Crippen LogP contribution in [0.5, 0.6) is 5.75 Å². The number of nitrogen functional groups attached to an aromatic ring is 1. The quantitative estimate of drug-likeness (QED) is 0.712. The van der Waals surface area contributed by atoms with E-state index < -0.39 is 19.3 Å². The summed E-state index contributed by atoms with van der Waals surface area (Å²) in [7, 11) is 3.81. The Hall–Kier alpha value is -1.65. The summed E-state index contributed by atoms with van der Waals surface area (Å²) >= 11 is 1.48. The summed E-state index contributed by atoms with van der Waals surface area (Å²) in [5.41, 5.74) is 7.55. The van der Waals surface area contributed by atoms with E-state index in [-0.39, 0.29) is 5.75 Å². The van der Waals surface area contributed by atoms with Crippen LogP contribution in [0.2, 0.25) is 0 Å². The first kappa shape index (κ1) is 11.0. The fraction of sp³-hybridized carbons (Fsp3) is 0.368. The monoisotopic (exact) mass is 336 g/mol. The Morgan fingerprint density at radius 2 is 1.96 bits per heavy atom. The highest BCUT2D eigenvalue weighted by Gasteiger charge is 2.09. The van der Waals surface area contributed by atoms with E-state index in [1.807, 2.05) is 43.3 Å². The lowest BCUT2D eigenvalue weighted by molar-refractivity contribution is 0.308. The highest BCUT2D eigenvalue weighted by molar-refractivity contribution is 7.99. The summed E-state index contributed by atoms with van der Waals surface area (Å²) in [5.74, 6) is 0.130. The first-order valence-electron chi connectivity index (χ1n) is 10.2. The minimum Gasteiger partial charge on any atom is -0.494 e. The lowest BCUT2D eigenvalue weighted by atomic mass is 10.2. The number of ether oxygens (including phenoxy) is 1. The molecule has 0 heterocycles. The molecular formula is C19H26N2OS. The molecular weight excluding hydrogens is 304 g/mol. The van der Waals surface area contributed by atoms with Crippen molar-refractivity contribution in [1.29, 1.82) is 0 Å². The highest BCUT2D eigenvalue weighted by atomic mass is 32.2. The van der Waals surface area contributed by atoms with Crippen LogP contribution < -0.4 is 10.5 Å². The van der Waals surface area contributed by atoms with E-state index in [9.17, 15) is 0 Å². The average Bonchev–Trinajstić information content (AvgIpc) is 2.57. The molecule has 0 bridgehead atoms. The van der Waals surface area contributed by atoms with E-state index in [0.29, 0.717) is 12.2 Å². The van der Waals surface area contributed by atoms with Crippen molar-refractivity contribution in [2.45, 2.75) is 36.0 Å². The van der Waals surface area contributed by atoms with Gasteiger partial charge in [-0.15, -0.1) is 0 Å². The third-order valence-corrected chi connectivity index (χ3v) is 4.21. The molecule has 2 aromatic rings. The Morgan fingerprint density at radius 1 is 1.17 bits per heavy atom. The Balaban J connectivity index is 2.37. The predicted octanol–water partition coefficient (Wildman–Crippen LogP) is 4.66. The van der Waals surface area contributed by atoms with Gasteiger partial charge in [-0.05, 0) is 56.4 Å². The molecule has 2 N–H and O–H groups in total. The maximum absolute atomic E-state index is 7.99. The standard InChI is InChI=1S/C19H26N2OS/c1-4-5-12-22-16-10-11-18(15(13-16)14-21(2)3)23-19-9-7-6-8-17(19)20/h6-11,13H,4-5,12,14,20H2,1-3H3/i4D2,5D2,12D2. The van der Waals surface area contributed by atoms with Crippen LogP contribution in [0.4, 0.5) is 5.69 Å². The molecule has 0 fully saturated rings. The SMILES string of the molecule is [2H]C([2H])(C)C([2H])([2H])C([2H])([2H])Oc1ccc(Sc2ccccc2N)c(CN(C)C)c1. The van der Waals surface area contributed by atoms with Crippen molar-refractivity contribution in [1.82, 2.24) is 4.90 Å². The van der Waals surface area contributed by atoms with Crippen LogP contribution in [-0.4, -0.2) is 25.6 Å². The molecule has 124 valence electrons. The fourth-order valence-electron chi connectivity index (χ4n) is 2.01. The van der Waals surface area contributed by atoms with Gasteiger partial charge in [-0.2, -0.15) is 0 Å². The van der Waals surface area contributed by atoms with Gasteiger partial charge in [0, 0.05) is 27.5 Å². The van der Waals surface area contributed by atoms with E-state index in [1.165, 1.54) is 11.8 Å². The predicted molar refractivity (Wildman–Crippen MR) is 99.2 cm³/mol. The smallest absolute Gasteiger partial charge is 0.119 e. The number of nitrogens with two attached hydrogens (primary N) is 1. The van der Waals surface area contributed by atoms with Crippen LogP contribution in [0.3, 0.4) is 0 Å². The van der Waals surface area contributed by atoms with Gasteiger partial charge >= 0.3 is 0 Å². The summed E-state index contributed by atoms with van der Waals surface area (Å²) in [5, 5.41) is 0. The second kappa shape index (κ2) is 8.85. The highest BCUT2D eigenvalue weighted by Crippen LogP contribution is 2.35. The van der Waals surface area contributed by atoms with Gasteiger partial charge in [0.1, 0.15) is 5.75 Å². The Bertz CT molecular complexity index is 855. The van der Waals surface area contributed by atoms with E-state index in [0.717, 1.165) is 22.3 Å². The third kappa shape index (κ3) is 5.48. The molecule has 3 nitrogen and oxygen atoms in total. The van der Waals surface area contributed by atoms with Crippen molar-refractivity contribution < 1.29 is 13.0 Å². The summed E-state index contributed by atoms with van der Waals surface area (Å²) in [4.78, 5) is 3.76. The number of hydrogen-bond donors (Lipinski definition) is 1. The molecule has 0 atom stereocenters. The molecule has 0 spiro atoms. The Kier molecular flexibility index (Phi) is 4.23. The van der Waals surface area contributed by atoms with Crippen molar-refractivity contribution in [3.63, 3.8) is 0 Å². The normalized spacial score (nSPS) is 16.7. The van der Waals surface area contributed by atoms with Gasteiger partial charge in [0.2, 0.25) is 0 Å². The number of benzene rings is 2. The first-order valence-corrected chi connectivity index (χ1v) is 8.05. The molecule has 2 aromatic carbocycles. The van der Waals surface area contributed by atoms with E-state index in [2.05, 4.69) is 0 Å². The van der Waals surface area contributed by atoms with Crippen molar-refractivity contribution in [3.05, 3.63) is 48.0 Å². The average molecular weight is 337 g/mol. The summed E-state index contributed by atoms with van der Waals surface area (Å²) < 4.78 is 52.3. The molecule has 0 aliphatic rings. The zero-order chi connectivity index (χ0) is 22.0. The van der Waals surface area contributed by atoms with E-state index in [4.69, 9.17) is 18.7 Å². The van der Waals surface area contributed by atoms with Crippen LogP contribution in [0, 0.1) is 0 Å². The molecule has 4 heteroatoms. The molecule has 0 aliphatic carbocycles. The van der Waals surface area contributed by atoms with Crippen molar-refractivity contribution >= 4 is 17.4 Å². The topological polar surface area (TPSA) is 38.5 Å². The number of anilines is 1. The molecule has 0 saturated heterocycles. The maximum atomic E-state index is 7.99. The number of hydrogen-bond acceptors (Lipinski definition) is 4. The maximum Gasteiger partial charge on any atom is 0.119 e. The van der Waals surface area contributed by atoms with Crippen LogP contribution in [-0.2, 0) is 6.54 Å². The van der Waals surface area contributed by atoms with Gasteiger partial charge in [0.05, 0.1) is 9.30 Å². The molecule has 0 aliphatic heterocycles. The second-order valence-electron chi connectivity index (χ2n) is 5.23. The molecule has 0 radical (unpaired) electrons. The summed E-state index contributed by atoms with van der Waals surface area (Å²) in [6.45, 7) is -1.31. The summed E-state index contributed by atoms with van der Waals surface area (Å²) in [6.07, 6.45) is -5.28. The minimum atomic E-state index is -2.86. The fourth-order valence-corrected chi connectivity index (χ4v) is 2.97. The van der Waals surface area contributed by atoms with Crippen LogP contribution >= 0.6 is 11.8 Å². The Labute approximate surface area is 152 Å². The van der Waals surface area contributed by atoms with Gasteiger partial charge in [0.25, 0.3) is 0 Å². The van der Waals surface area contributed by atoms with Crippen LogP contribution in [0.15, 0.2) is 52.3 Å². The van der Waals surface area contributed by atoms with Gasteiger partial charge in [-0.3, -0.25) is 0 Å². The molecule has 0 amide bonds. The Morgan fingerprint density at radius 3 is 2.65 bits per heavy atom. The molecule has 0 saturated carbocycles. The zero-order valence-electron chi connectivity index (χ0n) is 19.6. The third-order valence-electron chi connectivity index (χ3n) is 3.00. The number of para-hydroxylation sites is 1. The van der Waals surface area contributed by atoms with Gasteiger partial charge in [-0.1, -0.05) is 37.2 Å². The number of rotatable bonds is 8. The van der Waals surface area contributed by atoms with Gasteiger partial charge in [-0.25, -0.2) is 0 Å².